The van der Waals surface area contributed by atoms with Gasteiger partial charge >= 0.3 is 0 Å². The minimum Gasteiger partial charge on any atom is -0.351 e. The van der Waals surface area contributed by atoms with Gasteiger partial charge in [0.05, 0.1) is 4.90 Å². The van der Waals surface area contributed by atoms with Gasteiger partial charge in [0, 0.05) is 45.1 Å². The molecule has 2 aromatic carbocycles. The van der Waals surface area contributed by atoms with E-state index in [0.29, 0.717) is 24.1 Å². The van der Waals surface area contributed by atoms with Crippen molar-refractivity contribution in [3.8, 4) is 0 Å². The van der Waals surface area contributed by atoms with Crippen molar-refractivity contribution >= 4 is 33.4 Å². The van der Waals surface area contributed by atoms with Crippen molar-refractivity contribution in [3.05, 3.63) is 59.9 Å². The predicted octanol–water partition coefficient (Wildman–Crippen LogP) is 1.80. The van der Waals surface area contributed by atoms with Crippen LogP contribution in [-0.4, -0.2) is 55.6 Å². The van der Waals surface area contributed by atoms with Crippen LogP contribution in [0.3, 0.4) is 0 Å². The molecule has 0 aromatic heterocycles. The van der Waals surface area contributed by atoms with Gasteiger partial charge in [0.25, 0.3) is 0 Å². The first-order valence-electron chi connectivity index (χ1n) is 11.2. The van der Waals surface area contributed by atoms with Crippen molar-refractivity contribution in [2.24, 2.45) is 0 Å². The number of rotatable bonds is 8. The number of carbonyl (C=O) groups excluding carboxylic acids is 3. The van der Waals surface area contributed by atoms with E-state index in [9.17, 15) is 27.2 Å². The number of nitrogens with one attached hydrogen (secondary N) is 3. The molecule has 1 atom stereocenters. The average molecular weight is 505 g/mol. The van der Waals surface area contributed by atoms with E-state index in [1.54, 1.807) is 6.07 Å². The van der Waals surface area contributed by atoms with E-state index in [4.69, 9.17) is 0 Å². The zero-order chi connectivity index (χ0) is 25.6. The highest BCUT2D eigenvalue weighted by molar-refractivity contribution is 7.89. The highest BCUT2D eigenvalue weighted by Crippen LogP contribution is 2.22. The molecule has 9 nitrogen and oxygen atoms in total. The van der Waals surface area contributed by atoms with Crippen LogP contribution in [0.15, 0.2) is 53.4 Å². The molecule has 188 valence electrons. The summed E-state index contributed by atoms with van der Waals surface area (Å²) in [7, 11) is -3.72. The van der Waals surface area contributed by atoms with Gasteiger partial charge in [-0.05, 0) is 54.8 Å². The Bertz CT molecular complexity index is 1180. The number of hydrogen-bond donors (Lipinski definition) is 3. The van der Waals surface area contributed by atoms with Crippen molar-refractivity contribution in [3.63, 3.8) is 0 Å². The minimum absolute atomic E-state index is 0.120. The van der Waals surface area contributed by atoms with Crippen LogP contribution in [-0.2, 0) is 30.8 Å². The number of anilines is 1. The van der Waals surface area contributed by atoms with E-state index in [0.717, 1.165) is 0 Å². The molecular weight excluding hydrogens is 475 g/mol. The van der Waals surface area contributed by atoms with Crippen LogP contribution in [0.25, 0.3) is 0 Å². The zero-order valence-corrected chi connectivity index (χ0v) is 20.4. The lowest BCUT2D eigenvalue weighted by Crippen LogP contribution is -2.53. The molecule has 0 spiro atoms. The molecule has 1 saturated heterocycles. The van der Waals surface area contributed by atoms with Crippen LogP contribution in [0.4, 0.5) is 10.1 Å². The van der Waals surface area contributed by atoms with E-state index in [2.05, 4.69) is 16.0 Å². The maximum absolute atomic E-state index is 13.5. The van der Waals surface area contributed by atoms with Gasteiger partial charge in [-0.25, -0.2) is 12.8 Å². The molecule has 0 unspecified atom stereocenters. The number of benzene rings is 2. The predicted molar refractivity (Wildman–Crippen MR) is 128 cm³/mol. The molecule has 0 aliphatic carbocycles. The molecule has 3 rings (SSSR count). The van der Waals surface area contributed by atoms with E-state index >= 15 is 0 Å². The maximum Gasteiger partial charge on any atom is 0.243 e. The van der Waals surface area contributed by atoms with E-state index < -0.39 is 27.8 Å². The standard InChI is InChI=1S/C24H29FN4O5S/c1-16(30)26-20-6-8-22(9-7-20)35(33,34)29-12-10-21(11-13-29)28-24(32)23(27-17(2)31)15-18-4-3-5-19(25)14-18/h3-9,14,21,23H,10-13,15H2,1-2H3,(H,26,30)(H,27,31)(H,28,32)/t23-/m0/s1. The lowest BCUT2D eigenvalue weighted by Gasteiger charge is -2.32. The molecule has 1 aliphatic rings. The largest absolute Gasteiger partial charge is 0.351 e. The van der Waals surface area contributed by atoms with Crippen molar-refractivity contribution < 1.29 is 27.2 Å². The highest BCUT2D eigenvalue weighted by Gasteiger charge is 2.31. The second-order valence-electron chi connectivity index (χ2n) is 8.48. The van der Waals surface area contributed by atoms with Gasteiger partial charge in [-0.3, -0.25) is 14.4 Å². The lowest BCUT2D eigenvalue weighted by molar-refractivity contribution is -0.128. The van der Waals surface area contributed by atoms with Gasteiger partial charge in [0.1, 0.15) is 11.9 Å². The molecule has 1 fully saturated rings. The Balaban J connectivity index is 1.59. The fourth-order valence-electron chi connectivity index (χ4n) is 3.96. The number of nitrogens with zero attached hydrogens (tertiary/aromatic N) is 1. The Morgan fingerprint density at radius 2 is 1.69 bits per heavy atom. The Morgan fingerprint density at radius 1 is 1.03 bits per heavy atom. The van der Waals surface area contributed by atoms with Crippen LogP contribution >= 0.6 is 0 Å². The monoisotopic (exact) mass is 504 g/mol. The van der Waals surface area contributed by atoms with Crippen LogP contribution in [0.1, 0.15) is 32.3 Å². The molecule has 11 heteroatoms. The molecule has 0 radical (unpaired) electrons. The summed E-state index contributed by atoms with van der Waals surface area (Å²) >= 11 is 0. The highest BCUT2D eigenvalue weighted by atomic mass is 32.2. The summed E-state index contributed by atoms with van der Waals surface area (Å²) in [4.78, 5) is 35.7. The molecule has 0 bridgehead atoms. The summed E-state index contributed by atoms with van der Waals surface area (Å²) in [5, 5.41) is 8.08. The first-order valence-corrected chi connectivity index (χ1v) is 12.7. The average Bonchev–Trinajstić information content (AvgIpc) is 2.79. The van der Waals surface area contributed by atoms with Crippen LogP contribution in [0.5, 0.6) is 0 Å². The van der Waals surface area contributed by atoms with E-state index in [1.165, 1.54) is 60.6 Å². The summed E-state index contributed by atoms with van der Waals surface area (Å²) in [5.74, 6) is -1.46. The number of piperidine rings is 1. The van der Waals surface area contributed by atoms with Crippen molar-refractivity contribution in [2.75, 3.05) is 18.4 Å². The quantitative estimate of drug-likeness (QED) is 0.506. The first kappa shape index (κ1) is 26.3. The molecule has 3 N–H and O–H groups in total. The zero-order valence-electron chi connectivity index (χ0n) is 19.6. The minimum atomic E-state index is -3.72. The summed E-state index contributed by atoms with van der Waals surface area (Å²) in [6, 6.07) is 10.6. The molecule has 35 heavy (non-hydrogen) atoms. The Kier molecular flexibility index (Phi) is 8.57. The molecule has 1 aliphatic heterocycles. The topological polar surface area (TPSA) is 125 Å². The first-order chi connectivity index (χ1) is 16.5. The van der Waals surface area contributed by atoms with Crippen molar-refractivity contribution in [1.29, 1.82) is 0 Å². The fraction of sp³-hybridized carbons (Fsp3) is 0.375. The van der Waals surface area contributed by atoms with Crippen molar-refractivity contribution in [1.82, 2.24) is 14.9 Å². The second-order valence-corrected chi connectivity index (χ2v) is 10.4. The van der Waals surface area contributed by atoms with Gasteiger partial charge in [-0.2, -0.15) is 4.31 Å². The molecular formula is C24H29FN4O5S. The van der Waals surface area contributed by atoms with Crippen molar-refractivity contribution in [2.45, 2.75) is 50.1 Å². The van der Waals surface area contributed by atoms with Gasteiger partial charge < -0.3 is 16.0 Å². The number of carbonyl (C=O) groups is 3. The summed E-state index contributed by atoms with van der Waals surface area (Å²) in [6.07, 6.45) is 0.939. The van der Waals surface area contributed by atoms with Gasteiger partial charge in [-0.15, -0.1) is 0 Å². The number of hydrogen-bond acceptors (Lipinski definition) is 5. The normalized spacial score (nSPS) is 15.7. The number of halogens is 1. The lowest BCUT2D eigenvalue weighted by atomic mass is 10.0. The third-order valence-electron chi connectivity index (χ3n) is 5.64. The maximum atomic E-state index is 13.5. The third-order valence-corrected chi connectivity index (χ3v) is 7.55. The fourth-order valence-corrected chi connectivity index (χ4v) is 5.43. The summed E-state index contributed by atoms with van der Waals surface area (Å²) in [5.41, 5.74) is 1.08. The molecule has 0 saturated carbocycles. The van der Waals surface area contributed by atoms with Gasteiger partial charge in [0.15, 0.2) is 0 Å². The summed E-state index contributed by atoms with van der Waals surface area (Å²) in [6.45, 7) is 3.11. The third kappa shape index (κ3) is 7.33. The molecule has 3 amide bonds. The van der Waals surface area contributed by atoms with Crippen LogP contribution in [0.2, 0.25) is 0 Å². The molecule has 2 aromatic rings. The Hall–Kier alpha value is -3.31. The van der Waals surface area contributed by atoms with Crippen LogP contribution < -0.4 is 16.0 Å². The van der Waals surface area contributed by atoms with Crippen LogP contribution in [0, 0.1) is 5.82 Å². The second kappa shape index (κ2) is 11.4. The smallest absolute Gasteiger partial charge is 0.243 e. The number of amides is 3. The summed E-state index contributed by atoms with van der Waals surface area (Å²) < 4.78 is 40.8. The van der Waals surface area contributed by atoms with E-state index in [1.807, 2.05) is 0 Å². The van der Waals surface area contributed by atoms with Gasteiger partial charge in [-0.1, -0.05) is 12.1 Å². The Morgan fingerprint density at radius 3 is 2.26 bits per heavy atom. The number of sulfonamides is 1. The SMILES string of the molecule is CC(=O)Nc1ccc(S(=O)(=O)N2CCC(NC(=O)[C@H](Cc3cccc(F)c3)NC(C)=O)CC2)cc1. The molecule has 1 heterocycles. The van der Waals surface area contributed by atoms with Gasteiger partial charge in [0.2, 0.25) is 27.7 Å². The Labute approximate surface area is 204 Å². The van der Waals surface area contributed by atoms with E-state index in [-0.39, 0.29) is 42.3 Å².